The molecule has 9 heteroatoms. The summed E-state index contributed by atoms with van der Waals surface area (Å²) in [6, 6.07) is 6.69. The van der Waals surface area contributed by atoms with E-state index in [0.29, 0.717) is 24.5 Å². The molecule has 1 saturated heterocycles. The minimum absolute atomic E-state index is 0.0171. The van der Waals surface area contributed by atoms with Crippen molar-refractivity contribution in [2.24, 2.45) is 0 Å². The number of aromatic amines is 1. The van der Waals surface area contributed by atoms with Gasteiger partial charge in [0.15, 0.2) is 5.16 Å². The average Bonchev–Trinajstić information content (AvgIpc) is 2.89. The molecule has 142 valence electrons. The monoisotopic (exact) mass is 389 g/mol. The van der Waals surface area contributed by atoms with Crippen molar-refractivity contribution < 1.29 is 19.4 Å². The number of rotatable bonds is 6. The predicted octanol–water partition coefficient (Wildman–Crippen LogP) is 1.86. The van der Waals surface area contributed by atoms with Crippen molar-refractivity contribution in [1.29, 1.82) is 0 Å². The lowest BCUT2D eigenvalue weighted by atomic mass is 10.2. The highest BCUT2D eigenvalue weighted by Gasteiger charge is 2.40. The summed E-state index contributed by atoms with van der Waals surface area (Å²) in [5.41, 5.74) is 0.194. The Hall–Kier alpha value is -2.81. The number of H-pyrrole nitrogens is 1. The summed E-state index contributed by atoms with van der Waals surface area (Å²) in [5, 5.41) is 9.23. The number of imide groups is 1. The fraction of sp³-hybridized carbons (Fsp3) is 0.333. The minimum atomic E-state index is -0.723. The molecule has 1 aromatic heterocycles. The van der Waals surface area contributed by atoms with E-state index in [0.717, 1.165) is 16.7 Å². The molecule has 0 spiro atoms. The van der Waals surface area contributed by atoms with Gasteiger partial charge >= 0.3 is 0 Å². The van der Waals surface area contributed by atoms with Crippen LogP contribution in [0.1, 0.15) is 25.8 Å². The Morgan fingerprint density at radius 3 is 2.56 bits per heavy atom. The zero-order valence-corrected chi connectivity index (χ0v) is 15.7. The molecule has 2 aromatic rings. The molecule has 0 radical (unpaired) electrons. The standard InChI is InChI=1S/C18H19N3O5S/c1-3-12-15(23)19-18(20-16(12)24)27-13-9-14(22)21(17(13)25)10-5-7-11(8-6-10)26-4-2/h5-8,13H,3-4,9H2,1-2H3,(H2,19,20,23,24)/t13-/m1/s1. The van der Waals surface area contributed by atoms with Crippen LogP contribution in [0.5, 0.6) is 11.6 Å². The maximum atomic E-state index is 12.7. The van der Waals surface area contributed by atoms with E-state index in [-0.39, 0.29) is 28.9 Å². The summed E-state index contributed by atoms with van der Waals surface area (Å²) in [6.45, 7) is 4.12. The van der Waals surface area contributed by atoms with Crippen molar-refractivity contribution in [2.45, 2.75) is 37.1 Å². The third kappa shape index (κ3) is 3.82. The molecule has 1 aromatic carbocycles. The van der Waals surface area contributed by atoms with Crippen molar-refractivity contribution in [3.63, 3.8) is 0 Å². The molecule has 2 heterocycles. The lowest BCUT2D eigenvalue weighted by molar-refractivity contribution is -0.121. The number of aromatic hydroxyl groups is 1. The van der Waals surface area contributed by atoms with E-state index in [2.05, 4.69) is 9.97 Å². The second-order valence-electron chi connectivity index (χ2n) is 5.83. The molecule has 1 aliphatic heterocycles. The normalized spacial score (nSPS) is 16.8. The van der Waals surface area contributed by atoms with Gasteiger partial charge in [0, 0.05) is 6.42 Å². The van der Waals surface area contributed by atoms with Crippen LogP contribution in [0.15, 0.2) is 34.2 Å². The average molecular weight is 389 g/mol. The van der Waals surface area contributed by atoms with Gasteiger partial charge in [0.05, 0.1) is 17.9 Å². The highest BCUT2D eigenvalue weighted by molar-refractivity contribution is 8.00. The third-order valence-electron chi connectivity index (χ3n) is 4.09. The Labute approximate surface area is 159 Å². The van der Waals surface area contributed by atoms with Crippen LogP contribution in [0.25, 0.3) is 0 Å². The van der Waals surface area contributed by atoms with Crippen LogP contribution in [0.3, 0.4) is 0 Å². The van der Waals surface area contributed by atoms with Gasteiger partial charge in [0.2, 0.25) is 17.7 Å². The first-order chi connectivity index (χ1) is 12.9. The van der Waals surface area contributed by atoms with Crippen LogP contribution in [-0.4, -0.2) is 38.7 Å². The smallest absolute Gasteiger partial charge is 0.258 e. The number of thioether (sulfide) groups is 1. The van der Waals surface area contributed by atoms with Crippen LogP contribution in [0.4, 0.5) is 5.69 Å². The van der Waals surface area contributed by atoms with Gasteiger partial charge in [-0.1, -0.05) is 18.7 Å². The molecule has 0 unspecified atom stereocenters. The van der Waals surface area contributed by atoms with E-state index in [4.69, 9.17) is 4.74 Å². The highest BCUT2D eigenvalue weighted by atomic mass is 32.2. The Bertz CT molecular complexity index is 926. The lowest BCUT2D eigenvalue weighted by Crippen LogP contribution is -2.31. The van der Waals surface area contributed by atoms with Gasteiger partial charge in [-0.15, -0.1) is 0 Å². The second-order valence-corrected chi connectivity index (χ2v) is 7.02. The summed E-state index contributed by atoms with van der Waals surface area (Å²) < 4.78 is 5.36. The quantitative estimate of drug-likeness (QED) is 0.573. The third-order valence-corrected chi connectivity index (χ3v) is 5.16. The Kier molecular flexibility index (Phi) is 5.50. The van der Waals surface area contributed by atoms with E-state index in [1.54, 1.807) is 31.2 Å². The fourth-order valence-electron chi connectivity index (χ4n) is 2.80. The van der Waals surface area contributed by atoms with E-state index >= 15 is 0 Å². The molecule has 1 fully saturated rings. The minimum Gasteiger partial charge on any atom is -0.494 e. The zero-order valence-electron chi connectivity index (χ0n) is 14.9. The molecule has 0 saturated carbocycles. The molecular formula is C18H19N3O5S. The summed E-state index contributed by atoms with van der Waals surface area (Å²) in [5.74, 6) is -0.433. The molecule has 3 rings (SSSR count). The molecule has 2 amide bonds. The molecule has 27 heavy (non-hydrogen) atoms. The SMILES string of the molecule is CCOc1ccc(N2C(=O)C[C@@H](Sc3nc(O)c(CC)c(=O)[nH]3)C2=O)cc1. The largest absolute Gasteiger partial charge is 0.494 e. The number of benzene rings is 1. The summed E-state index contributed by atoms with van der Waals surface area (Å²) >= 11 is 0.957. The predicted molar refractivity (Wildman–Crippen MR) is 100 cm³/mol. The lowest BCUT2D eigenvalue weighted by Gasteiger charge is -2.15. The maximum Gasteiger partial charge on any atom is 0.258 e. The van der Waals surface area contributed by atoms with Crippen molar-refractivity contribution in [2.75, 3.05) is 11.5 Å². The number of amides is 2. The van der Waals surface area contributed by atoms with Gasteiger partial charge in [-0.3, -0.25) is 14.4 Å². The zero-order chi connectivity index (χ0) is 19.6. The first kappa shape index (κ1) is 19.0. The number of hydrogen-bond acceptors (Lipinski definition) is 7. The van der Waals surface area contributed by atoms with Gasteiger partial charge in [-0.25, -0.2) is 4.90 Å². The van der Waals surface area contributed by atoms with Gasteiger partial charge < -0.3 is 14.8 Å². The Balaban J connectivity index is 1.79. The van der Waals surface area contributed by atoms with Crippen molar-refractivity contribution in [3.8, 4) is 11.6 Å². The summed E-state index contributed by atoms with van der Waals surface area (Å²) in [4.78, 5) is 44.6. The first-order valence-electron chi connectivity index (χ1n) is 8.53. The van der Waals surface area contributed by atoms with Gasteiger partial charge in [0.1, 0.15) is 11.0 Å². The number of aromatic nitrogens is 2. The number of nitrogens with zero attached hydrogens (tertiary/aromatic N) is 2. The fourth-order valence-corrected chi connectivity index (χ4v) is 3.79. The molecule has 2 N–H and O–H groups in total. The van der Waals surface area contributed by atoms with Gasteiger partial charge in [-0.2, -0.15) is 4.98 Å². The van der Waals surface area contributed by atoms with E-state index in [9.17, 15) is 19.5 Å². The van der Waals surface area contributed by atoms with Gasteiger partial charge in [0.25, 0.3) is 5.56 Å². The molecule has 1 atom stereocenters. The molecule has 0 aliphatic carbocycles. The number of hydrogen-bond donors (Lipinski definition) is 2. The molecule has 1 aliphatic rings. The van der Waals surface area contributed by atoms with Crippen molar-refractivity contribution >= 4 is 29.3 Å². The number of carbonyl (C=O) groups excluding carboxylic acids is 2. The summed E-state index contributed by atoms with van der Waals surface area (Å²) in [6.07, 6.45) is 0.322. The molecule has 0 bridgehead atoms. The van der Waals surface area contributed by atoms with Gasteiger partial charge in [-0.05, 0) is 37.6 Å². The van der Waals surface area contributed by atoms with Crippen LogP contribution in [0.2, 0.25) is 0 Å². The van der Waals surface area contributed by atoms with Crippen LogP contribution in [-0.2, 0) is 16.0 Å². The second kappa shape index (κ2) is 7.83. The molecule has 8 nitrogen and oxygen atoms in total. The van der Waals surface area contributed by atoms with E-state index in [1.807, 2.05) is 6.92 Å². The number of anilines is 1. The van der Waals surface area contributed by atoms with E-state index in [1.165, 1.54) is 0 Å². The van der Waals surface area contributed by atoms with Crippen molar-refractivity contribution in [1.82, 2.24) is 9.97 Å². The van der Waals surface area contributed by atoms with Crippen LogP contribution in [0, 0.1) is 0 Å². The first-order valence-corrected chi connectivity index (χ1v) is 9.41. The molecular weight excluding hydrogens is 370 g/mol. The van der Waals surface area contributed by atoms with Crippen LogP contribution >= 0.6 is 11.8 Å². The Morgan fingerprint density at radius 1 is 1.26 bits per heavy atom. The topological polar surface area (TPSA) is 113 Å². The number of ether oxygens (including phenoxy) is 1. The highest BCUT2D eigenvalue weighted by Crippen LogP contribution is 2.33. The maximum absolute atomic E-state index is 12.7. The number of carbonyl (C=O) groups is 2. The van der Waals surface area contributed by atoms with E-state index < -0.39 is 16.7 Å². The summed E-state index contributed by atoms with van der Waals surface area (Å²) in [7, 11) is 0. The number of nitrogens with one attached hydrogen (secondary N) is 1. The Morgan fingerprint density at radius 2 is 1.96 bits per heavy atom. The van der Waals surface area contributed by atoms with Crippen molar-refractivity contribution in [3.05, 3.63) is 40.2 Å². The van der Waals surface area contributed by atoms with Crippen LogP contribution < -0.4 is 15.2 Å².